The van der Waals surface area contributed by atoms with Crippen molar-refractivity contribution in [2.45, 2.75) is 19.3 Å². The molecule has 0 bridgehead atoms. The van der Waals surface area contributed by atoms with Gasteiger partial charge in [0.2, 0.25) is 0 Å². The highest BCUT2D eigenvalue weighted by atomic mass is 79.9. The largest absolute Gasteiger partial charge is 0.0831 e. The molecule has 0 saturated heterocycles. The van der Waals surface area contributed by atoms with Gasteiger partial charge < -0.3 is 0 Å². The molecule has 0 heterocycles. The summed E-state index contributed by atoms with van der Waals surface area (Å²) < 4.78 is 0.979. The molecule has 1 aliphatic carbocycles. The van der Waals surface area contributed by atoms with Crippen molar-refractivity contribution in [2.75, 3.05) is 0 Å². The first-order chi connectivity index (χ1) is 5.77. The third-order valence-corrected chi connectivity index (χ3v) is 3.52. The molecule has 0 aliphatic heterocycles. The van der Waals surface area contributed by atoms with E-state index >= 15 is 0 Å². The van der Waals surface area contributed by atoms with Crippen LogP contribution in [0.1, 0.15) is 24.8 Å². The quantitative estimate of drug-likeness (QED) is 0.694. The van der Waals surface area contributed by atoms with Crippen molar-refractivity contribution in [3.63, 3.8) is 0 Å². The van der Waals surface area contributed by atoms with Gasteiger partial charge in [-0.15, -0.1) is 0 Å². The van der Waals surface area contributed by atoms with Crippen LogP contribution in [-0.2, 0) is 0 Å². The van der Waals surface area contributed by atoms with E-state index in [1.807, 2.05) is 12.1 Å². The predicted molar refractivity (Wildman–Crippen MR) is 55.3 cm³/mol. The van der Waals surface area contributed by atoms with Crippen molar-refractivity contribution in [1.29, 1.82) is 0 Å². The first-order valence-electron chi connectivity index (χ1n) is 4.07. The molecule has 1 radical (unpaired) electrons. The fourth-order valence-corrected chi connectivity index (χ4v) is 1.79. The number of hydrogen-bond donors (Lipinski definition) is 0. The van der Waals surface area contributed by atoms with E-state index in [1.54, 1.807) is 5.92 Å². The molecule has 2 rings (SSSR count). The molecule has 0 amide bonds. The molecular formula is C10H9BrCl. The lowest BCUT2D eigenvalue weighted by Crippen LogP contribution is -2.09. The maximum absolute atomic E-state index is 5.98. The second kappa shape index (κ2) is 3.39. The number of halogens is 2. The molecule has 0 atom stereocenters. The maximum atomic E-state index is 5.98. The average molecular weight is 245 g/mol. The van der Waals surface area contributed by atoms with Crippen LogP contribution in [0.3, 0.4) is 0 Å². The topological polar surface area (TPSA) is 0 Å². The van der Waals surface area contributed by atoms with Crippen LogP contribution in [0.15, 0.2) is 22.7 Å². The van der Waals surface area contributed by atoms with E-state index in [4.69, 9.17) is 11.6 Å². The minimum atomic E-state index is 0.812. The molecule has 0 spiro atoms. The van der Waals surface area contributed by atoms with Gasteiger partial charge in [0.15, 0.2) is 0 Å². The van der Waals surface area contributed by atoms with Crippen LogP contribution in [0.25, 0.3) is 0 Å². The predicted octanol–water partition coefficient (Wildman–Crippen LogP) is 4.21. The minimum absolute atomic E-state index is 0.812. The monoisotopic (exact) mass is 243 g/mol. The fraction of sp³-hybridized carbons (Fsp3) is 0.300. The van der Waals surface area contributed by atoms with E-state index in [1.165, 1.54) is 24.8 Å². The van der Waals surface area contributed by atoms with Crippen LogP contribution < -0.4 is 0 Å². The highest BCUT2D eigenvalue weighted by Gasteiger charge is 2.20. The second-order valence-electron chi connectivity index (χ2n) is 3.09. The first-order valence-corrected chi connectivity index (χ1v) is 5.24. The zero-order valence-corrected chi connectivity index (χ0v) is 8.95. The Labute approximate surface area is 86.1 Å². The Kier molecular flexibility index (Phi) is 2.42. The molecule has 0 aromatic heterocycles. The van der Waals surface area contributed by atoms with Gasteiger partial charge in [-0.3, -0.25) is 0 Å². The molecule has 12 heavy (non-hydrogen) atoms. The Balaban J connectivity index is 2.27. The molecule has 1 fully saturated rings. The van der Waals surface area contributed by atoms with Crippen molar-refractivity contribution >= 4 is 27.5 Å². The van der Waals surface area contributed by atoms with Gasteiger partial charge in [0.1, 0.15) is 0 Å². The highest BCUT2D eigenvalue weighted by Crippen LogP contribution is 2.37. The van der Waals surface area contributed by atoms with Crippen LogP contribution in [0.2, 0.25) is 5.02 Å². The Morgan fingerprint density at radius 3 is 2.50 bits per heavy atom. The van der Waals surface area contributed by atoms with Crippen molar-refractivity contribution in [3.05, 3.63) is 39.2 Å². The van der Waals surface area contributed by atoms with Crippen molar-refractivity contribution in [2.24, 2.45) is 0 Å². The summed E-state index contributed by atoms with van der Waals surface area (Å²) in [6.45, 7) is 0. The lowest BCUT2D eigenvalue weighted by atomic mass is 9.80. The van der Waals surface area contributed by atoms with Crippen LogP contribution >= 0.6 is 27.5 Å². The van der Waals surface area contributed by atoms with Gasteiger partial charge in [-0.25, -0.2) is 0 Å². The van der Waals surface area contributed by atoms with E-state index in [-0.39, 0.29) is 0 Å². The van der Waals surface area contributed by atoms with E-state index in [0.717, 1.165) is 9.50 Å². The van der Waals surface area contributed by atoms with Gasteiger partial charge in [0.25, 0.3) is 0 Å². The third-order valence-electron chi connectivity index (χ3n) is 2.28. The summed E-state index contributed by atoms with van der Waals surface area (Å²) >= 11 is 9.36. The summed E-state index contributed by atoms with van der Waals surface area (Å²) in [7, 11) is 0. The summed E-state index contributed by atoms with van der Waals surface area (Å²) in [6.07, 6.45) is 3.83. The van der Waals surface area contributed by atoms with Gasteiger partial charge >= 0.3 is 0 Å². The summed E-state index contributed by atoms with van der Waals surface area (Å²) in [5.41, 5.74) is 1.31. The summed E-state index contributed by atoms with van der Waals surface area (Å²) in [4.78, 5) is 0. The van der Waals surface area contributed by atoms with Gasteiger partial charge in [-0.2, -0.15) is 0 Å². The van der Waals surface area contributed by atoms with Crippen LogP contribution in [0, 0.1) is 5.92 Å². The molecule has 0 unspecified atom stereocenters. The molecule has 1 aliphatic rings. The molecule has 63 valence electrons. The zero-order valence-electron chi connectivity index (χ0n) is 6.61. The highest BCUT2D eigenvalue weighted by molar-refractivity contribution is 9.10. The van der Waals surface area contributed by atoms with Gasteiger partial charge in [0.05, 0.1) is 5.02 Å². The fourth-order valence-electron chi connectivity index (χ4n) is 1.36. The van der Waals surface area contributed by atoms with Gasteiger partial charge in [-0.1, -0.05) is 24.1 Å². The second-order valence-corrected chi connectivity index (χ2v) is 4.35. The van der Waals surface area contributed by atoms with Crippen LogP contribution in [0.4, 0.5) is 0 Å². The third kappa shape index (κ3) is 1.53. The molecule has 1 aromatic carbocycles. The molecule has 2 heteroatoms. The molecule has 1 saturated carbocycles. The van der Waals surface area contributed by atoms with Crippen molar-refractivity contribution in [3.8, 4) is 0 Å². The van der Waals surface area contributed by atoms with Gasteiger partial charge in [0, 0.05) is 10.4 Å². The lowest BCUT2D eigenvalue weighted by Gasteiger charge is -2.25. The van der Waals surface area contributed by atoms with Crippen LogP contribution in [0.5, 0.6) is 0 Å². The lowest BCUT2D eigenvalue weighted by molar-refractivity contribution is 0.577. The normalized spacial score (nSPS) is 17.5. The number of benzene rings is 1. The Hall–Kier alpha value is -0.0100. The number of hydrogen-bond acceptors (Lipinski definition) is 0. The van der Waals surface area contributed by atoms with E-state index in [9.17, 15) is 0 Å². The van der Waals surface area contributed by atoms with E-state index in [2.05, 4.69) is 22.0 Å². The molecular weight excluding hydrogens is 235 g/mol. The van der Waals surface area contributed by atoms with Gasteiger partial charge in [-0.05, 0) is 46.5 Å². The summed E-state index contributed by atoms with van der Waals surface area (Å²) in [5, 5.41) is 0.812. The SMILES string of the molecule is Clc1cc([C]2CCC2)ccc1Br. The average Bonchev–Trinajstić information content (AvgIpc) is 1.93. The Morgan fingerprint density at radius 2 is 2.00 bits per heavy atom. The first kappa shape index (κ1) is 8.58. The van der Waals surface area contributed by atoms with Crippen LogP contribution in [-0.4, -0.2) is 0 Å². The Morgan fingerprint density at radius 1 is 1.25 bits per heavy atom. The minimum Gasteiger partial charge on any atom is -0.0831 e. The molecule has 1 aromatic rings. The number of rotatable bonds is 1. The van der Waals surface area contributed by atoms with Crippen molar-refractivity contribution < 1.29 is 0 Å². The van der Waals surface area contributed by atoms with Crippen molar-refractivity contribution in [1.82, 2.24) is 0 Å². The molecule has 0 N–H and O–H groups in total. The Bertz CT molecular complexity index is 292. The maximum Gasteiger partial charge on any atom is 0.0551 e. The zero-order chi connectivity index (χ0) is 8.55. The van der Waals surface area contributed by atoms with E-state index < -0.39 is 0 Å². The smallest absolute Gasteiger partial charge is 0.0551 e. The summed E-state index contributed by atoms with van der Waals surface area (Å²) in [6, 6.07) is 6.19. The van der Waals surface area contributed by atoms with E-state index in [0.29, 0.717) is 0 Å². The summed E-state index contributed by atoms with van der Waals surface area (Å²) in [5.74, 6) is 1.55. The molecule has 0 nitrogen and oxygen atoms in total. The standard InChI is InChI=1S/C10H9BrCl/c11-9-5-4-8(6-10(9)12)7-2-1-3-7/h4-6H,1-3H2.